The average molecular weight is 392 g/mol. The van der Waals surface area contributed by atoms with Crippen molar-refractivity contribution in [1.82, 2.24) is 0 Å². The molecule has 146 valence electrons. The van der Waals surface area contributed by atoms with E-state index in [1.807, 2.05) is 0 Å². The Labute approximate surface area is 165 Å². The lowest BCUT2D eigenvalue weighted by Gasteiger charge is -2.09. The van der Waals surface area contributed by atoms with Gasteiger partial charge in [0.15, 0.2) is 0 Å². The number of hydrogen-bond donors (Lipinski definition) is 1. The molecule has 0 fully saturated rings. The number of amides is 1. The van der Waals surface area contributed by atoms with Gasteiger partial charge in [-0.25, -0.2) is 4.79 Å². The Morgan fingerprint density at radius 2 is 1.59 bits per heavy atom. The van der Waals surface area contributed by atoms with Crippen molar-refractivity contribution in [1.29, 1.82) is 0 Å². The monoisotopic (exact) mass is 392 g/mol. The van der Waals surface area contributed by atoms with Gasteiger partial charge in [-0.05, 0) is 42.5 Å². The molecule has 1 amide bonds. The van der Waals surface area contributed by atoms with Gasteiger partial charge in [-0.15, -0.1) is 0 Å². The largest absolute Gasteiger partial charge is 0.497 e. The number of nitro benzene ring substituents is 1. The van der Waals surface area contributed by atoms with E-state index in [1.54, 1.807) is 42.5 Å². The molecule has 0 aromatic heterocycles. The smallest absolute Gasteiger partial charge is 0.343 e. The molecule has 29 heavy (non-hydrogen) atoms. The number of nitrogens with zero attached hydrogens (tertiary/aromatic N) is 1. The number of carbonyl (C=O) groups excluding carboxylic acids is 2. The molecule has 0 heterocycles. The highest BCUT2D eigenvalue weighted by Gasteiger charge is 2.13. The maximum Gasteiger partial charge on any atom is 0.343 e. The molecule has 0 atom stereocenters. The quantitative estimate of drug-likeness (QED) is 0.293. The van der Waals surface area contributed by atoms with Crippen molar-refractivity contribution < 1.29 is 24.0 Å². The van der Waals surface area contributed by atoms with E-state index in [0.29, 0.717) is 17.0 Å². The van der Waals surface area contributed by atoms with E-state index < -0.39 is 10.9 Å². The Balaban J connectivity index is 1.69. The zero-order valence-corrected chi connectivity index (χ0v) is 15.3. The Morgan fingerprint density at radius 1 is 0.897 bits per heavy atom. The fraction of sp³-hybridized carbons (Fsp3) is 0.0476. The van der Waals surface area contributed by atoms with Gasteiger partial charge in [0.1, 0.15) is 11.5 Å². The third-order valence-electron chi connectivity index (χ3n) is 3.95. The first-order valence-corrected chi connectivity index (χ1v) is 8.48. The van der Waals surface area contributed by atoms with E-state index in [9.17, 15) is 19.7 Å². The number of benzene rings is 3. The van der Waals surface area contributed by atoms with Crippen LogP contribution in [0, 0.1) is 10.1 Å². The minimum atomic E-state index is -0.670. The molecule has 0 aliphatic rings. The van der Waals surface area contributed by atoms with Gasteiger partial charge in [-0.3, -0.25) is 14.9 Å². The van der Waals surface area contributed by atoms with Crippen LogP contribution in [0.15, 0.2) is 72.8 Å². The van der Waals surface area contributed by atoms with Crippen molar-refractivity contribution in [3.8, 4) is 11.5 Å². The number of carbonyl (C=O) groups is 2. The molecule has 3 rings (SSSR count). The van der Waals surface area contributed by atoms with Gasteiger partial charge in [0.05, 0.1) is 17.6 Å². The topological polar surface area (TPSA) is 108 Å². The summed E-state index contributed by atoms with van der Waals surface area (Å²) in [6, 6.07) is 18.1. The molecule has 3 aromatic carbocycles. The second-order valence-electron chi connectivity index (χ2n) is 5.91. The molecule has 8 heteroatoms. The summed E-state index contributed by atoms with van der Waals surface area (Å²) in [6.07, 6.45) is 0. The van der Waals surface area contributed by atoms with Gasteiger partial charge in [-0.1, -0.05) is 12.1 Å². The number of hydrogen-bond acceptors (Lipinski definition) is 6. The molecule has 0 unspecified atom stereocenters. The Kier molecular flexibility index (Phi) is 5.84. The van der Waals surface area contributed by atoms with Crippen molar-refractivity contribution in [2.45, 2.75) is 0 Å². The third-order valence-corrected chi connectivity index (χ3v) is 3.95. The van der Waals surface area contributed by atoms with E-state index in [1.165, 1.54) is 37.4 Å². The second kappa shape index (κ2) is 8.66. The Hall–Kier alpha value is -4.20. The Morgan fingerprint density at radius 3 is 2.28 bits per heavy atom. The van der Waals surface area contributed by atoms with Gasteiger partial charge in [0.2, 0.25) is 0 Å². The molecule has 0 aliphatic carbocycles. The number of esters is 1. The lowest BCUT2D eigenvalue weighted by atomic mass is 10.2. The zero-order valence-electron chi connectivity index (χ0n) is 15.3. The van der Waals surface area contributed by atoms with Crippen molar-refractivity contribution in [3.05, 3.63) is 94.0 Å². The molecule has 0 saturated heterocycles. The summed E-state index contributed by atoms with van der Waals surface area (Å²) in [7, 11) is 1.51. The molecule has 0 aliphatic heterocycles. The molecule has 0 bridgehead atoms. The van der Waals surface area contributed by atoms with Crippen LogP contribution in [0.1, 0.15) is 20.7 Å². The summed E-state index contributed by atoms with van der Waals surface area (Å²) in [5, 5.41) is 13.4. The predicted octanol–water partition coefficient (Wildman–Crippen LogP) is 4.07. The predicted molar refractivity (Wildman–Crippen MR) is 105 cm³/mol. The molecule has 0 saturated carbocycles. The first-order chi connectivity index (χ1) is 14.0. The normalized spacial score (nSPS) is 10.1. The van der Waals surface area contributed by atoms with Crippen LogP contribution < -0.4 is 14.8 Å². The van der Waals surface area contributed by atoms with Crippen LogP contribution in [-0.2, 0) is 0 Å². The maximum absolute atomic E-state index is 12.4. The van der Waals surface area contributed by atoms with Crippen LogP contribution in [0.4, 0.5) is 11.4 Å². The van der Waals surface area contributed by atoms with Crippen LogP contribution in [0.3, 0.4) is 0 Å². The number of non-ortho nitro benzene ring substituents is 1. The average Bonchev–Trinajstić information content (AvgIpc) is 2.74. The summed E-state index contributed by atoms with van der Waals surface area (Å²) in [6.45, 7) is 0. The summed E-state index contributed by atoms with van der Waals surface area (Å²) in [4.78, 5) is 34.8. The van der Waals surface area contributed by atoms with E-state index in [2.05, 4.69) is 5.32 Å². The van der Waals surface area contributed by atoms with E-state index in [0.717, 1.165) is 0 Å². The first-order valence-electron chi connectivity index (χ1n) is 8.48. The molecule has 0 radical (unpaired) electrons. The molecule has 1 N–H and O–H groups in total. The number of anilines is 1. The van der Waals surface area contributed by atoms with E-state index in [4.69, 9.17) is 9.47 Å². The van der Waals surface area contributed by atoms with Crippen molar-refractivity contribution in [2.24, 2.45) is 0 Å². The molecule has 0 spiro atoms. The fourth-order valence-corrected chi connectivity index (χ4v) is 2.49. The summed E-state index contributed by atoms with van der Waals surface area (Å²) in [5.41, 5.74) is 0.898. The Bertz CT molecular complexity index is 1060. The van der Waals surface area contributed by atoms with Crippen LogP contribution in [-0.4, -0.2) is 23.9 Å². The number of methoxy groups -OCH3 is 1. The summed E-state index contributed by atoms with van der Waals surface area (Å²) in [5.74, 6) is -0.237. The van der Waals surface area contributed by atoms with Gasteiger partial charge >= 0.3 is 5.97 Å². The molecule has 8 nitrogen and oxygen atoms in total. The van der Waals surface area contributed by atoms with Gasteiger partial charge in [0.25, 0.3) is 11.6 Å². The van der Waals surface area contributed by atoms with Gasteiger partial charge in [-0.2, -0.15) is 0 Å². The maximum atomic E-state index is 12.4. The standard InChI is InChI=1S/C21H16N2O6/c1-28-18-6-2-4-15(12-18)20(24)22-16-5-3-7-19(13-16)29-21(25)14-8-10-17(11-9-14)23(26)27/h2-13H,1H3,(H,22,24). The van der Waals surface area contributed by atoms with Gasteiger partial charge in [0, 0.05) is 29.4 Å². The minimum absolute atomic E-state index is 0.121. The minimum Gasteiger partial charge on any atom is -0.497 e. The molecule has 3 aromatic rings. The first kappa shape index (κ1) is 19.6. The number of nitrogens with one attached hydrogen (secondary N) is 1. The fourth-order valence-electron chi connectivity index (χ4n) is 2.49. The van der Waals surface area contributed by atoms with Gasteiger partial charge < -0.3 is 14.8 Å². The van der Waals surface area contributed by atoms with Crippen molar-refractivity contribution in [2.75, 3.05) is 12.4 Å². The highest BCUT2D eigenvalue weighted by atomic mass is 16.6. The lowest BCUT2D eigenvalue weighted by molar-refractivity contribution is -0.384. The van der Waals surface area contributed by atoms with Crippen LogP contribution in [0.5, 0.6) is 11.5 Å². The van der Waals surface area contributed by atoms with Crippen LogP contribution in [0.25, 0.3) is 0 Å². The second-order valence-corrected chi connectivity index (χ2v) is 5.91. The van der Waals surface area contributed by atoms with Crippen molar-refractivity contribution in [3.63, 3.8) is 0 Å². The highest BCUT2D eigenvalue weighted by Crippen LogP contribution is 2.21. The van der Waals surface area contributed by atoms with Crippen LogP contribution in [0.2, 0.25) is 0 Å². The highest BCUT2D eigenvalue weighted by molar-refractivity contribution is 6.04. The third kappa shape index (κ3) is 4.95. The number of rotatable bonds is 6. The van der Waals surface area contributed by atoms with Crippen LogP contribution >= 0.6 is 0 Å². The number of ether oxygens (including phenoxy) is 2. The number of nitro groups is 1. The van der Waals surface area contributed by atoms with E-state index in [-0.39, 0.29) is 22.9 Å². The van der Waals surface area contributed by atoms with Crippen molar-refractivity contribution >= 4 is 23.3 Å². The van der Waals surface area contributed by atoms with E-state index >= 15 is 0 Å². The summed E-state index contributed by atoms with van der Waals surface area (Å²) < 4.78 is 10.4. The lowest BCUT2D eigenvalue weighted by Crippen LogP contribution is -2.12. The zero-order chi connectivity index (χ0) is 20.8. The molecular weight excluding hydrogens is 376 g/mol. The SMILES string of the molecule is COc1cccc(C(=O)Nc2cccc(OC(=O)c3ccc([N+](=O)[O-])cc3)c2)c1. The molecular formula is C21H16N2O6. The summed E-state index contributed by atoms with van der Waals surface area (Å²) >= 11 is 0.